The van der Waals surface area contributed by atoms with Gasteiger partial charge in [0.25, 0.3) is 0 Å². The van der Waals surface area contributed by atoms with Gasteiger partial charge in [-0.3, -0.25) is 4.99 Å². The van der Waals surface area contributed by atoms with Gasteiger partial charge in [-0.2, -0.15) is 0 Å². The summed E-state index contributed by atoms with van der Waals surface area (Å²) in [6.07, 6.45) is 5.12. The molecular weight excluding hydrogens is 172 g/mol. The zero-order valence-electron chi connectivity index (χ0n) is 10.0. The first-order valence-corrected chi connectivity index (χ1v) is 5.73. The molecule has 2 N–H and O–H groups in total. The molecule has 0 spiro atoms. The van der Waals surface area contributed by atoms with Gasteiger partial charge in [-0.15, -0.1) is 0 Å². The van der Waals surface area contributed by atoms with Crippen LogP contribution in [0.25, 0.3) is 0 Å². The van der Waals surface area contributed by atoms with Gasteiger partial charge in [0.1, 0.15) is 0 Å². The van der Waals surface area contributed by atoms with Crippen LogP contribution in [0, 0.1) is 11.3 Å². The molecule has 82 valence electrons. The molecule has 0 aromatic heterocycles. The number of hydrogen-bond acceptors (Lipinski definition) is 1. The Morgan fingerprint density at radius 3 is 2.43 bits per heavy atom. The van der Waals surface area contributed by atoms with Gasteiger partial charge in [-0.05, 0) is 18.8 Å². The zero-order chi connectivity index (χ0) is 10.8. The minimum Gasteiger partial charge on any atom is -0.387 e. The maximum absolute atomic E-state index is 5.98. The molecule has 2 heteroatoms. The Balaban J connectivity index is 2.58. The van der Waals surface area contributed by atoms with E-state index in [2.05, 4.69) is 32.7 Å². The maximum Gasteiger partial charge on any atom is 0.0994 e. The molecule has 1 rings (SSSR count). The second-order valence-corrected chi connectivity index (χ2v) is 5.69. The van der Waals surface area contributed by atoms with Crippen LogP contribution in [0.1, 0.15) is 53.4 Å². The van der Waals surface area contributed by atoms with Crippen molar-refractivity contribution in [3.8, 4) is 0 Å². The van der Waals surface area contributed by atoms with E-state index < -0.39 is 0 Å². The normalized spacial score (nSPS) is 30.4. The zero-order valence-corrected chi connectivity index (χ0v) is 10.0. The SMILES string of the molecule is CC1CCCC(N=C(N)C(C)(C)C)C1. The fourth-order valence-corrected chi connectivity index (χ4v) is 1.91. The molecule has 0 amide bonds. The van der Waals surface area contributed by atoms with Crippen LogP contribution in [0.2, 0.25) is 0 Å². The molecule has 2 atom stereocenters. The lowest BCUT2D eigenvalue weighted by atomic mass is 9.87. The summed E-state index contributed by atoms with van der Waals surface area (Å²) in [5.74, 6) is 1.64. The van der Waals surface area contributed by atoms with Crippen molar-refractivity contribution < 1.29 is 0 Å². The standard InChI is InChI=1S/C12H24N2/c1-9-6-5-7-10(8-9)14-11(13)12(2,3)4/h9-10H,5-8H2,1-4H3,(H2,13,14). The lowest BCUT2D eigenvalue weighted by Gasteiger charge is -2.26. The van der Waals surface area contributed by atoms with Crippen LogP contribution in [0.4, 0.5) is 0 Å². The highest BCUT2D eigenvalue weighted by Crippen LogP contribution is 2.26. The van der Waals surface area contributed by atoms with Gasteiger partial charge in [-0.1, -0.05) is 40.5 Å². The van der Waals surface area contributed by atoms with E-state index in [0.717, 1.165) is 11.8 Å². The van der Waals surface area contributed by atoms with Crippen LogP contribution in [0.3, 0.4) is 0 Å². The quantitative estimate of drug-likeness (QED) is 0.508. The number of nitrogens with zero attached hydrogens (tertiary/aromatic N) is 1. The molecule has 14 heavy (non-hydrogen) atoms. The molecule has 0 radical (unpaired) electrons. The second-order valence-electron chi connectivity index (χ2n) is 5.69. The van der Waals surface area contributed by atoms with E-state index in [1.165, 1.54) is 25.7 Å². The van der Waals surface area contributed by atoms with Gasteiger partial charge in [0.05, 0.1) is 11.9 Å². The first-order valence-electron chi connectivity index (χ1n) is 5.73. The Labute approximate surface area is 88.0 Å². The van der Waals surface area contributed by atoms with Crippen LogP contribution in [0.15, 0.2) is 4.99 Å². The number of rotatable bonds is 1. The largest absolute Gasteiger partial charge is 0.387 e. The van der Waals surface area contributed by atoms with Crippen molar-refractivity contribution in [1.82, 2.24) is 0 Å². The molecule has 2 nitrogen and oxygen atoms in total. The predicted octanol–water partition coefficient (Wildman–Crippen LogP) is 2.97. The van der Waals surface area contributed by atoms with Crippen molar-refractivity contribution in [1.29, 1.82) is 0 Å². The molecule has 0 bridgehead atoms. The van der Waals surface area contributed by atoms with Gasteiger partial charge in [0.2, 0.25) is 0 Å². The molecule has 0 aromatic rings. The van der Waals surface area contributed by atoms with Crippen molar-refractivity contribution in [2.24, 2.45) is 22.1 Å². The van der Waals surface area contributed by atoms with Gasteiger partial charge in [0.15, 0.2) is 0 Å². The summed E-state index contributed by atoms with van der Waals surface area (Å²) in [5, 5.41) is 0. The third kappa shape index (κ3) is 3.32. The minimum absolute atomic E-state index is 0.0285. The summed E-state index contributed by atoms with van der Waals surface area (Å²) in [7, 11) is 0. The number of hydrogen-bond donors (Lipinski definition) is 1. The number of amidine groups is 1. The summed E-state index contributed by atoms with van der Waals surface area (Å²) in [6.45, 7) is 8.68. The Hall–Kier alpha value is -0.530. The first kappa shape index (κ1) is 11.5. The van der Waals surface area contributed by atoms with Crippen molar-refractivity contribution in [3.63, 3.8) is 0 Å². The van der Waals surface area contributed by atoms with E-state index in [-0.39, 0.29) is 5.41 Å². The van der Waals surface area contributed by atoms with Crippen molar-refractivity contribution in [2.45, 2.75) is 59.4 Å². The van der Waals surface area contributed by atoms with E-state index in [1.807, 2.05) is 0 Å². The summed E-state index contributed by atoms with van der Waals surface area (Å²) in [4.78, 5) is 4.65. The number of aliphatic imine (C=N–C) groups is 1. The second kappa shape index (κ2) is 4.33. The highest BCUT2D eigenvalue weighted by atomic mass is 14.9. The van der Waals surface area contributed by atoms with E-state index in [4.69, 9.17) is 5.73 Å². The summed E-state index contributed by atoms with van der Waals surface area (Å²) in [5.41, 5.74) is 6.01. The Morgan fingerprint density at radius 1 is 1.29 bits per heavy atom. The van der Waals surface area contributed by atoms with E-state index in [1.54, 1.807) is 0 Å². The molecule has 1 aliphatic carbocycles. The molecule has 0 aliphatic heterocycles. The van der Waals surface area contributed by atoms with Crippen LogP contribution < -0.4 is 5.73 Å². The number of nitrogens with two attached hydrogens (primary N) is 1. The van der Waals surface area contributed by atoms with E-state index in [0.29, 0.717) is 6.04 Å². The molecule has 1 fully saturated rings. The molecule has 2 unspecified atom stereocenters. The van der Waals surface area contributed by atoms with Crippen LogP contribution >= 0.6 is 0 Å². The monoisotopic (exact) mass is 196 g/mol. The smallest absolute Gasteiger partial charge is 0.0994 e. The molecule has 0 heterocycles. The summed E-state index contributed by atoms with van der Waals surface area (Å²) in [6, 6.07) is 0.484. The molecule has 0 saturated heterocycles. The fraction of sp³-hybridized carbons (Fsp3) is 0.917. The summed E-state index contributed by atoms with van der Waals surface area (Å²) >= 11 is 0. The lowest BCUT2D eigenvalue weighted by molar-refractivity contribution is 0.343. The van der Waals surface area contributed by atoms with E-state index >= 15 is 0 Å². The third-order valence-corrected chi connectivity index (χ3v) is 3.00. The van der Waals surface area contributed by atoms with Gasteiger partial charge in [-0.25, -0.2) is 0 Å². The van der Waals surface area contributed by atoms with Crippen LogP contribution in [-0.4, -0.2) is 11.9 Å². The molecule has 1 saturated carbocycles. The van der Waals surface area contributed by atoms with Gasteiger partial charge in [0, 0.05) is 5.41 Å². The highest BCUT2D eigenvalue weighted by molar-refractivity contribution is 5.85. The average Bonchev–Trinajstić information content (AvgIpc) is 2.02. The molecular formula is C12H24N2. The highest BCUT2D eigenvalue weighted by Gasteiger charge is 2.21. The van der Waals surface area contributed by atoms with Crippen molar-refractivity contribution in [2.75, 3.05) is 0 Å². The van der Waals surface area contributed by atoms with Gasteiger partial charge < -0.3 is 5.73 Å². The maximum atomic E-state index is 5.98. The Bertz CT molecular complexity index is 213. The molecule has 1 aliphatic rings. The average molecular weight is 196 g/mol. The minimum atomic E-state index is 0.0285. The fourth-order valence-electron chi connectivity index (χ4n) is 1.91. The Morgan fingerprint density at radius 2 is 1.93 bits per heavy atom. The van der Waals surface area contributed by atoms with Crippen molar-refractivity contribution in [3.05, 3.63) is 0 Å². The first-order chi connectivity index (χ1) is 6.39. The molecule has 0 aromatic carbocycles. The Kier molecular flexibility index (Phi) is 3.57. The van der Waals surface area contributed by atoms with Crippen LogP contribution in [0.5, 0.6) is 0 Å². The summed E-state index contributed by atoms with van der Waals surface area (Å²) < 4.78 is 0. The third-order valence-electron chi connectivity index (χ3n) is 3.00. The predicted molar refractivity (Wildman–Crippen MR) is 62.5 cm³/mol. The van der Waals surface area contributed by atoms with E-state index in [9.17, 15) is 0 Å². The van der Waals surface area contributed by atoms with Gasteiger partial charge >= 0.3 is 0 Å². The lowest BCUT2D eigenvalue weighted by Crippen LogP contribution is -2.31. The topological polar surface area (TPSA) is 38.4 Å². The van der Waals surface area contributed by atoms with Crippen LogP contribution in [-0.2, 0) is 0 Å². The van der Waals surface area contributed by atoms with Crippen molar-refractivity contribution >= 4 is 5.84 Å².